The lowest BCUT2D eigenvalue weighted by atomic mass is 10.2. The second-order valence-electron chi connectivity index (χ2n) is 7.15. The number of rotatable bonds is 8. The number of imidazole rings is 1. The number of anilines is 2. The van der Waals surface area contributed by atoms with Crippen LogP contribution in [0.15, 0.2) is 65.8 Å². The lowest BCUT2D eigenvalue weighted by Gasteiger charge is -2.08. The molecule has 0 unspecified atom stereocenters. The van der Waals surface area contributed by atoms with Crippen LogP contribution in [0.3, 0.4) is 0 Å². The van der Waals surface area contributed by atoms with Gasteiger partial charge in [-0.1, -0.05) is 11.8 Å². The van der Waals surface area contributed by atoms with Gasteiger partial charge in [0.15, 0.2) is 16.8 Å². The Hall–Kier alpha value is -3.92. The number of hydrogen-bond donors (Lipinski definition) is 3. The van der Waals surface area contributed by atoms with Gasteiger partial charge >= 0.3 is 0 Å². The molecule has 34 heavy (non-hydrogen) atoms. The van der Waals surface area contributed by atoms with Crippen molar-refractivity contribution in [1.29, 1.82) is 0 Å². The van der Waals surface area contributed by atoms with E-state index in [0.717, 1.165) is 29.6 Å². The molecule has 1 aromatic heterocycles. The van der Waals surface area contributed by atoms with Gasteiger partial charge in [0.05, 0.1) is 23.4 Å². The first-order valence-electron chi connectivity index (χ1n) is 10.3. The number of H-pyrrole nitrogens is 1. The highest BCUT2D eigenvalue weighted by Crippen LogP contribution is 2.22. The number of aromatic nitrogens is 2. The maximum absolute atomic E-state index is 13.3. The van der Waals surface area contributed by atoms with Crippen molar-refractivity contribution in [3.8, 4) is 5.75 Å². The molecule has 0 saturated carbocycles. The van der Waals surface area contributed by atoms with Crippen LogP contribution in [0.25, 0.3) is 11.0 Å². The molecular weight excluding hydrogens is 462 g/mol. The molecule has 0 bridgehead atoms. The van der Waals surface area contributed by atoms with Gasteiger partial charge in [-0.2, -0.15) is 0 Å². The third-order valence-electron chi connectivity index (χ3n) is 4.70. The van der Waals surface area contributed by atoms with E-state index in [1.54, 1.807) is 48.5 Å². The zero-order valence-electron chi connectivity index (χ0n) is 18.0. The van der Waals surface area contributed by atoms with E-state index in [1.807, 2.05) is 6.92 Å². The minimum atomic E-state index is -0.982. The van der Waals surface area contributed by atoms with Crippen LogP contribution in [-0.2, 0) is 4.79 Å². The van der Waals surface area contributed by atoms with Crippen LogP contribution >= 0.6 is 11.8 Å². The van der Waals surface area contributed by atoms with Crippen molar-refractivity contribution >= 4 is 46.0 Å². The lowest BCUT2D eigenvalue weighted by Crippen LogP contribution is -2.15. The number of carbonyl (C=O) groups is 2. The number of halogens is 2. The van der Waals surface area contributed by atoms with Crippen molar-refractivity contribution in [2.45, 2.75) is 12.1 Å². The second kappa shape index (κ2) is 10.3. The van der Waals surface area contributed by atoms with Gasteiger partial charge in [0, 0.05) is 29.1 Å². The molecule has 7 nitrogen and oxygen atoms in total. The Bertz CT molecular complexity index is 1290. The van der Waals surface area contributed by atoms with Crippen molar-refractivity contribution < 1.29 is 23.1 Å². The van der Waals surface area contributed by atoms with Gasteiger partial charge in [-0.3, -0.25) is 9.59 Å². The predicted octanol–water partition coefficient (Wildman–Crippen LogP) is 5.22. The zero-order valence-corrected chi connectivity index (χ0v) is 18.8. The number of nitrogens with one attached hydrogen (secondary N) is 3. The molecule has 0 fully saturated rings. The number of fused-ring (bicyclic) bond motifs is 1. The highest BCUT2D eigenvalue weighted by Gasteiger charge is 2.12. The van der Waals surface area contributed by atoms with E-state index in [4.69, 9.17) is 4.74 Å². The summed E-state index contributed by atoms with van der Waals surface area (Å²) in [6.45, 7) is 2.46. The Morgan fingerprint density at radius 1 is 0.971 bits per heavy atom. The maximum atomic E-state index is 13.3. The monoisotopic (exact) mass is 482 g/mol. The predicted molar refractivity (Wildman–Crippen MR) is 127 cm³/mol. The van der Waals surface area contributed by atoms with Crippen molar-refractivity contribution in [2.75, 3.05) is 23.0 Å². The molecule has 0 aliphatic rings. The first-order chi connectivity index (χ1) is 16.4. The van der Waals surface area contributed by atoms with Crippen LogP contribution in [0.2, 0.25) is 0 Å². The minimum absolute atomic E-state index is 0.0325. The van der Waals surface area contributed by atoms with Gasteiger partial charge in [0.25, 0.3) is 5.91 Å². The van der Waals surface area contributed by atoms with Gasteiger partial charge in [-0.05, 0) is 55.5 Å². The van der Waals surface area contributed by atoms with E-state index in [2.05, 4.69) is 20.6 Å². The number of ether oxygens (including phenoxy) is 1. The molecular formula is C24H20F2N4O3S. The standard InChI is InChI=1S/C24H20F2N4O3S/c1-2-33-17-9-7-16(8-10-17)28-23(32)14-3-5-15(6-4-14)27-22(31)13-34-24-29-20-11-18(25)19(26)12-21(20)30-24/h3-12H,2,13H2,1H3,(H,27,31)(H,28,32)(H,29,30). The average Bonchev–Trinajstić information content (AvgIpc) is 3.21. The molecule has 0 saturated heterocycles. The van der Waals surface area contributed by atoms with Gasteiger partial charge in [-0.25, -0.2) is 13.8 Å². The van der Waals surface area contributed by atoms with Crippen LogP contribution in [-0.4, -0.2) is 34.1 Å². The molecule has 4 aromatic rings. The average molecular weight is 483 g/mol. The normalized spacial score (nSPS) is 10.8. The molecule has 2 amide bonds. The molecule has 0 spiro atoms. The van der Waals surface area contributed by atoms with E-state index < -0.39 is 11.6 Å². The number of benzene rings is 3. The molecule has 10 heteroatoms. The van der Waals surface area contributed by atoms with E-state index in [-0.39, 0.29) is 23.1 Å². The fourth-order valence-electron chi connectivity index (χ4n) is 3.09. The summed E-state index contributed by atoms with van der Waals surface area (Å²) in [5, 5.41) is 5.90. The van der Waals surface area contributed by atoms with Crippen molar-refractivity contribution in [1.82, 2.24) is 9.97 Å². The largest absolute Gasteiger partial charge is 0.494 e. The fraction of sp³-hybridized carbons (Fsp3) is 0.125. The molecule has 174 valence electrons. The number of hydrogen-bond acceptors (Lipinski definition) is 5. The summed E-state index contributed by atoms with van der Waals surface area (Å²) in [6.07, 6.45) is 0. The third kappa shape index (κ3) is 5.70. The Balaban J connectivity index is 1.29. The first kappa shape index (κ1) is 23.2. The Labute approximate surface area is 197 Å². The Kier molecular flexibility index (Phi) is 7.07. The SMILES string of the molecule is CCOc1ccc(NC(=O)c2ccc(NC(=O)CSc3nc4cc(F)c(F)cc4[nH]3)cc2)cc1. The minimum Gasteiger partial charge on any atom is -0.494 e. The summed E-state index contributed by atoms with van der Waals surface area (Å²) in [6, 6.07) is 15.5. The highest BCUT2D eigenvalue weighted by atomic mass is 32.2. The fourth-order valence-corrected chi connectivity index (χ4v) is 3.78. The van der Waals surface area contributed by atoms with Crippen molar-refractivity contribution in [2.24, 2.45) is 0 Å². The van der Waals surface area contributed by atoms with Gasteiger partial charge < -0.3 is 20.4 Å². The van der Waals surface area contributed by atoms with Crippen LogP contribution in [0, 0.1) is 11.6 Å². The third-order valence-corrected chi connectivity index (χ3v) is 5.57. The quantitative estimate of drug-likeness (QED) is 0.299. The molecule has 3 aromatic carbocycles. The summed E-state index contributed by atoms with van der Waals surface area (Å²) in [5.41, 5.74) is 2.22. The summed E-state index contributed by atoms with van der Waals surface area (Å²) in [5.74, 6) is -1.77. The Morgan fingerprint density at radius 2 is 1.62 bits per heavy atom. The lowest BCUT2D eigenvalue weighted by molar-refractivity contribution is -0.113. The second-order valence-corrected chi connectivity index (χ2v) is 8.12. The summed E-state index contributed by atoms with van der Waals surface area (Å²) < 4.78 is 32.0. The number of amides is 2. The molecule has 0 aliphatic heterocycles. The van der Waals surface area contributed by atoms with Gasteiger partial charge in [-0.15, -0.1) is 0 Å². The number of aromatic amines is 1. The number of thioether (sulfide) groups is 1. The van der Waals surface area contributed by atoms with Gasteiger partial charge in [0.2, 0.25) is 5.91 Å². The molecule has 3 N–H and O–H groups in total. The Morgan fingerprint density at radius 3 is 2.32 bits per heavy atom. The topological polar surface area (TPSA) is 96.1 Å². The van der Waals surface area contributed by atoms with E-state index >= 15 is 0 Å². The van der Waals surface area contributed by atoms with Crippen LogP contribution in [0.4, 0.5) is 20.2 Å². The molecule has 4 rings (SSSR count). The van der Waals surface area contributed by atoms with Crippen molar-refractivity contribution in [3.05, 3.63) is 77.9 Å². The summed E-state index contributed by atoms with van der Waals surface area (Å²) in [7, 11) is 0. The van der Waals surface area contributed by atoms with E-state index in [1.165, 1.54) is 0 Å². The smallest absolute Gasteiger partial charge is 0.255 e. The van der Waals surface area contributed by atoms with Crippen LogP contribution < -0.4 is 15.4 Å². The highest BCUT2D eigenvalue weighted by molar-refractivity contribution is 7.99. The van der Waals surface area contributed by atoms with E-state index in [0.29, 0.717) is 34.2 Å². The molecule has 0 radical (unpaired) electrons. The molecule has 0 aliphatic carbocycles. The maximum Gasteiger partial charge on any atom is 0.255 e. The van der Waals surface area contributed by atoms with Gasteiger partial charge in [0.1, 0.15) is 5.75 Å². The van der Waals surface area contributed by atoms with Crippen molar-refractivity contribution in [3.63, 3.8) is 0 Å². The van der Waals surface area contributed by atoms with Crippen LogP contribution in [0.1, 0.15) is 17.3 Å². The molecule has 0 atom stereocenters. The number of carbonyl (C=O) groups excluding carboxylic acids is 2. The first-order valence-corrected chi connectivity index (χ1v) is 11.3. The molecule has 1 heterocycles. The van der Waals surface area contributed by atoms with Crippen LogP contribution in [0.5, 0.6) is 5.75 Å². The summed E-state index contributed by atoms with van der Waals surface area (Å²) >= 11 is 1.10. The zero-order chi connectivity index (χ0) is 24.1. The number of nitrogens with zero attached hydrogens (tertiary/aromatic N) is 1. The summed E-state index contributed by atoms with van der Waals surface area (Å²) in [4.78, 5) is 31.7. The van der Waals surface area contributed by atoms with E-state index in [9.17, 15) is 18.4 Å².